The second kappa shape index (κ2) is 11.0. The average Bonchev–Trinajstić information content (AvgIpc) is 2.80. The number of carbonyl (C=O) groups is 1. The number of ether oxygens (including phenoxy) is 1. The van der Waals surface area contributed by atoms with E-state index in [4.69, 9.17) is 4.74 Å². The summed E-state index contributed by atoms with van der Waals surface area (Å²) in [5.74, 6) is 1.20. The lowest BCUT2D eigenvalue weighted by atomic mass is 9.85. The maximum Gasteiger partial charge on any atom is 0.407 e. The van der Waals surface area contributed by atoms with Gasteiger partial charge >= 0.3 is 6.09 Å². The largest absolute Gasteiger partial charge is 0.496 e. The zero-order chi connectivity index (χ0) is 25.8. The van der Waals surface area contributed by atoms with Gasteiger partial charge in [0.15, 0.2) is 9.84 Å². The van der Waals surface area contributed by atoms with Gasteiger partial charge in [-0.15, -0.1) is 0 Å². The SMILES string of the molecule is COc1ccc(-c2ccc(S(C)(=O)=O)cc2)cc1CNC1CCC(CN(C(=O)O)C(C)(C)C)CC1. The summed E-state index contributed by atoms with van der Waals surface area (Å²) in [7, 11) is -1.57. The van der Waals surface area contributed by atoms with Crippen molar-refractivity contribution < 1.29 is 23.1 Å². The smallest absolute Gasteiger partial charge is 0.407 e. The summed E-state index contributed by atoms with van der Waals surface area (Å²) in [6.45, 7) is 7.07. The molecular formula is C27H38N2O5S. The van der Waals surface area contributed by atoms with E-state index >= 15 is 0 Å². The molecule has 3 rings (SSSR count). The average molecular weight is 503 g/mol. The third kappa shape index (κ3) is 7.21. The zero-order valence-electron chi connectivity index (χ0n) is 21.4. The molecule has 7 nitrogen and oxygen atoms in total. The monoisotopic (exact) mass is 502 g/mol. The number of carboxylic acid groups (broad SMARTS) is 1. The van der Waals surface area contributed by atoms with Gasteiger partial charge in [-0.05, 0) is 87.8 Å². The summed E-state index contributed by atoms with van der Waals surface area (Å²) < 4.78 is 29.1. The number of benzene rings is 2. The Kier molecular flexibility index (Phi) is 8.49. The summed E-state index contributed by atoms with van der Waals surface area (Å²) in [6.07, 6.45) is 4.38. The molecule has 0 radical (unpaired) electrons. The van der Waals surface area contributed by atoms with E-state index in [2.05, 4.69) is 11.4 Å². The van der Waals surface area contributed by atoms with Crippen molar-refractivity contribution in [3.05, 3.63) is 48.0 Å². The zero-order valence-corrected chi connectivity index (χ0v) is 22.2. The lowest BCUT2D eigenvalue weighted by molar-refractivity contribution is 0.0812. The van der Waals surface area contributed by atoms with Crippen LogP contribution in [-0.2, 0) is 16.4 Å². The Morgan fingerprint density at radius 1 is 1.06 bits per heavy atom. The van der Waals surface area contributed by atoms with E-state index in [0.29, 0.717) is 29.9 Å². The quantitative estimate of drug-likeness (QED) is 0.516. The van der Waals surface area contributed by atoms with Crippen LogP contribution in [0.2, 0.25) is 0 Å². The Morgan fingerprint density at radius 2 is 1.66 bits per heavy atom. The molecule has 2 aromatic carbocycles. The first-order valence-electron chi connectivity index (χ1n) is 12.1. The van der Waals surface area contributed by atoms with E-state index in [1.54, 1.807) is 24.1 Å². The van der Waals surface area contributed by atoms with Gasteiger partial charge in [-0.3, -0.25) is 0 Å². The fraction of sp³-hybridized carbons (Fsp3) is 0.519. The van der Waals surface area contributed by atoms with Crippen LogP contribution in [0.3, 0.4) is 0 Å². The number of nitrogens with one attached hydrogen (secondary N) is 1. The fourth-order valence-electron chi connectivity index (χ4n) is 4.69. The molecule has 1 aliphatic carbocycles. The van der Waals surface area contributed by atoms with Crippen LogP contribution < -0.4 is 10.1 Å². The Morgan fingerprint density at radius 3 is 2.17 bits per heavy atom. The van der Waals surface area contributed by atoms with Gasteiger partial charge in [-0.25, -0.2) is 13.2 Å². The van der Waals surface area contributed by atoms with Gasteiger partial charge in [-0.2, -0.15) is 0 Å². The molecule has 0 atom stereocenters. The van der Waals surface area contributed by atoms with Gasteiger partial charge in [0.2, 0.25) is 0 Å². The van der Waals surface area contributed by atoms with Crippen LogP contribution in [0.25, 0.3) is 11.1 Å². The van der Waals surface area contributed by atoms with Crippen LogP contribution >= 0.6 is 0 Å². The second-order valence-corrected chi connectivity index (χ2v) is 12.5. The molecule has 0 aliphatic heterocycles. The normalized spacial score (nSPS) is 18.8. The van der Waals surface area contributed by atoms with Gasteiger partial charge in [0.05, 0.1) is 12.0 Å². The van der Waals surface area contributed by atoms with E-state index in [-0.39, 0.29) is 0 Å². The fourth-order valence-corrected chi connectivity index (χ4v) is 5.32. The summed E-state index contributed by atoms with van der Waals surface area (Å²) in [5.41, 5.74) is 2.60. The Balaban J connectivity index is 1.61. The first-order chi connectivity index (χ1) is 16.4. The van der Waals surface area contributed by atoms with Gasteiger partial charge < -0.3 is 20.1 Å². The third-order valence-electron chi connectivity index (χ3n) is 6.81. The molecule has 0 bridgehead atoms. The molecule has 0 spiro atoms. The van der Waals surface area contributed by atoms with Crippen LogP contribution in [-0.4, -0.2) is 56.0 Å². The molecule has 1 amide bonds. The maximum absolute atomic E-state index is 11.7. The molecule has 0 heterocycles. The first-order valence-corrected chi connectivity index (χ1v) is 14.0. The number of nitrogens with zero attached hydrogens (tertiary/aromatic N) is 1. The number of rotatable bonds is 8. The standard InChI is InChI=1S/C27H38N2O5S/c1-27(2,3)29(26(30)31)18-19-6-11-23(12-7-19)28-17-22-16-21(10-15-25(22)34-4)20-8-13-24(14-9-20)35(5,32)33/h8-10,13-16,19,23,28H,6-7,11-12,17-18H2,1-5H3,(H,30,31). The molecule has 1 fully saturated rings. The van der Waals surface area contributed by atoms with Crippen molar-refractivity contribution in [2.45, 2.75) is 69.5 Å². The van der Waals surface area contributed by atoms with E-state index < -0.39 is 21.5 Å². The van der Waals surface area contributed by atoms with Crippen LogP contribution in [0.5, 0.6) is 5.75 Å². The van der Waals surface area contributed by atoms with Crippen molar-refractivity contribution in [2.75, 3.05) is 19.9 Å². The highest BCUT2D eigenvalue weighted by Gasteiger charge is 2.30. The van der Waals surface area contributed by atoms with Crippen molar-refractivity contribution in [2.24, 2.45) is 5.92 Å². The highest BCUT2D eigenvalue weighted by Crippen LogP contribution is 2.30. The lowest BCUT2D eigenvalue weighted by Gasteiger charge is -2.38. The van der Waals surface area contributed by atoms with Crippen LogP contribution in [0.15, 0.2) is 47.4 Å². The molecule has 1 saturated carbocycles. The molecule has 0 aromatic heterocycles. The van der Waals surface area contributed by atoms with Gasteiger partial charge in [0, 0.05) is 36.5 Å². The van der Waals surface area contributed by atoms with Crippen molar-refractivity contribution >= 4 is 15.9 Å². The Hall–Kier alpha value is -2.58. The summed E-state index contributed by atoms with van der Waals surface area (Å²) in [5, 5.41) is 13.2. The number of sulfone groups is 1. The topological polar surface area (TPSA) is 95.9 Å². The van der Waals surface area contributed by atoms with Crippen molar-refractivity contribution in [1.82, 2.24) is 10.2 Å². The number of hydrogen-bond donors (Lipinski definition) is 2. The summed E-state index contributed by atoms with van der Waals surface area (Å²) in [6, 6.07) is 13.3. The predicted octanol–water partition coefficient (Wildman–Crippen LogP) is 5.19. The molecule has 2 aromatic rings. The highest BCUT2D eigenvalue weighted by atomic mass is 32.2. The van der Waals surface area contributed by atoms with Crippen LogP contribution in [0, 0.1) is 5.92 Å². The predicted molar refractivity (Wildman–Crippen MR) is 139 cm³/mol. The van der Waals surface area contributed by atoms with Gasteiger partial charge in [-0.1, -0.05) is 18.2 Å². The molecular weight excluding hydrogens is 464 g/mol. The number of methoxy groups -OCH3 is 1. The minimum atomic E-state index is -3.23. The van der Waals surface area contributed by atoms with E-state index in [1.807, 2.05) is 45.0 Å². The molecule has 1 aliphatic rings. The van der Waals surface area contributed by atoms with E-state index in [1.165, 1.54) is 6.26 Å². The van der Waals surface area contributed by atoms with E-state index in [9.17, 15) is 18.3 Å². The minimum Gasteiger partial charge on any atom is -0.496 e. The lowest BCUT2D eigenvalue weighted by Crippen LogP contribution is -2.48. The van der Waals surface area contributed by atoms with Gasteiger partial charge in [0.1, 0.15) is 5.75 Å². The van der Waals surface area contributed by atoms with Crippen LogP contribution in [0.4, 0.5) is 4.79 Å². The summed E-state index contributed by atoms with van der Waals surface area (Å²) >= 11 is 0. The molecule has 8 heteroatoms. The molecule has 2 N–H and O–H groups in total. The number of amides is 1. The van der Waals surface area contributed by atoms with Crippen molar-refractivity contribution in [3.8, 4) is 16.9 Å². The maximum atomic E-state index is 11.7. The van der Waals surface area contributed by atoms with Crippen molar-refractivity contribution in [3.63, 3.8) is 0 Å². The highest BCUT2D eigenvalue weighted by molar-refractivity contribution is 7.90. The molecule has 0 saturated heterocycles. The van der Waals surface area contributed by atoms with E-state index in [0.717, 1.165) is 48.1 Å². The molecule has 35 heavy (non-hydrogen) atoms. The first kappa shape index (κ1) is 27.0. The molecule has 192 valence electrons. The van der Waals surface area contributed by atoms with Crippen LogP contribution in [0.1, 0.15) is 52.0 Å². The second-order valence-electron chi connectivity index (χ2n) is 10.5. The molecule has 0 unspecified atom stereocenters. The minimum absolute atomic E-state index is 0.307. The van der Waals surface area contributed by atoms with Crippen molar-refractivity contribution in [1.29, 1.82) is 0 Å². The third-order valence-corrected chi connectivity index (χ3v) is 7.93. The summed E-state index contributed by atoms with van der Waals surface area (Å²) in [4.78, 5) is 13.5. The Bertz CT molecular complexity index is 1120. The number of hydrogen-bond acceptors (Lipinski definition) is 5. The Labute approximate surface area is 209 Å². The van der Waals surface area contributed by atoms with Gasteiger partial charge in [0.25, 0.3) is 0 Å².